The summed E-state index contributed by atoms with van der Waals surface area (Å²) in [5.41, 5.74) is 16.5. The number of aliphatic hydroxyl groups excluding tert-OH is 4. The number of unbranched alkanes of at least 4 members (excludes halogenated alkanes) is 15. The molecule has 0 aromatic carbocycles. The number of halogens is 1. The third kappa shape index (κ3) is 32.1. The number of hydrogen-bond donors (Lipinski definition) is 18. The van der Waals surface area contributed by atoms with Gasteiger partial charge in [0.1, 0.15) is 54.6 Å². The first-order valence-corrected chi connectivity index (χ1v) is 31.2. The Balaban J connectivity index is 3.81. The van der Waals surface area contributed by atoms with E-state index in [1.54, 1.807) is 0 Å². The topological polar surface area (TPSA) is 522 Å². The Morgan fingerprint density at radius 2 is 1.06 bits per heavy atom. The summed E-state index contributed by atoms with van der Waals surface area (Å²) in [6, 6.07) is -15.8. The van der Waals surface area contributed by atoms with Crippen molar-refractivity contribution in [3.63, 3.8) is 0 Å². The number of carboxylic acid groups (broad SMARTS) is 2. The van der Waals surface area contributed by atoms with Crippen molar-refractivity contribution in [3.05, 3.63) is 11.8 Å². The number of esters is 1. The number of cyclic esters (lactones) is 1. The van der Waals surface area contributed by atoms with E-state index in [4.69, 9.17) is 33.5 Å². The van der Waals surface area contributed by atoms with Crippen molar-refractivity contribution >= 4 is 82.7 Å². The molecule has 12 atom stereocenters. The molecular weight excluding hydrogens is 1190 g/mol. The predicted octanol–water partition coefficient (Wildman–Crippen LogP) is -2.82. The van der Waals surface area contributed by atoms with Crippen LogP contribution in [0.15, 0.2) is 11.8 Å². The zero-order chi connectivity index (χ0) is 67.0. The van der Waals surface area contributed by atoms with Crippen LogP contribution in [-0.2, 0) is 62.3 Å². The summed E-state index contributed by atoms with van der Waals surface area (Å²) < 4.78 is 5.30. The molecule has 0 aromatic heterocycles. The minimum Gasteiger partial charge on any atom is -0.481 e. The van der Waals surface area contributed by atoms with E-state index >= 15 is 0 Å². The molecule has 0 bridgehead atoms. The van der Waals surface area contributed by atoms with Crippen LogP contribution in [-0.4, -0.2) is 207 Å². The molecular formula is C57H99ClN12O19. The largest absolute Gasteiger partial charge is 0.481 e. The zero-order valence-electron chi connectivity index (χ0n) is 51.4. The molecule has 508 valence electrons. The highest BCUT2D eigenvalue weighted by atomic mass is 35.5. The van der Waals surface area contributed by atoms with E-state index in [0.717, 1.165) is 51.5 Å². The molecule has 0 saturated carbocycles. The Labute approximate surface area is 524 Å². The fourth-order valence-electron chi connectivity index (χ4n) is 9.29. The van der Waals surface area contributed by atoms with Gasteiger partial charge in [0.2, 0.25) is 47.3 Å². The highest BCUT2D eigenvalue weighted by Gasteiger charge is 2.41. The molecule has 0 aromatic rings. The lowest BCUT2D eigenvalue weighted by molar-refractivity contribution is -0.155. The standard InChI is InChI=1S/C57H99ClN12O19/c1-4-6-7-8-9-10-11-12-13-14-15-16-17-18-19-22-34(72)29-42(74)62-40-32-89-57(88)45(41(73)31-58)69-55(85)46(47(77)56(86)87)70-48(78)35(5-2)63-54(84)44(33(3)71)68-51(81)38(25-28-61)65-49(79)36(23-20-21-26-59)64-52(82)39(30-43(75)76)67-50(80)37(24-27-60)66-53(40)83/h5,33-34,36-41,44-47,71-73,77H,4,6-32,59-61H2,1-3H3,(H,62,74)(H,63,84)(H,64,82)(H,65,79)(H,66,83)(H,67,80)(H,68,81)(H,69,85)(H,70,78)(H,75,76)(H,86,87)/b35-5-/t33-,34-,36-,37+,38-,39-,40-,41+,44-,45-,46-,47-/m0/s1. The van der Waals surface area contributed by atoms with Crippen molar-refractivity contribution in [1.29, 1.82) is 0 Å². The fourth-order valence-corrected chi connectivity index (χ4v) is 9.47. The van der Waals surface area contributed by atoms with Gasteiger partial charge in [-0.1, -0.05) is 109 Å². The lowest BCUT2D eigenvalue weighted by Gasteiger charge is -2.28. The highest BCUT2D eigenvalue weighted by Crippen LogP contribution is 2.16. The minimum atomic E-state index is -2.83. The first-order chi connectivity index (χ1) is 42.3. The number of ether oxygens (including phenoxy) is 1. The Kier molecular flexibility index (Phi) is 41.2. The van der Waals surface area contributed by atoms with Gasteiger partial charge >= 0.3 is 17.9 Å². The summed E-state index contributed by atoms with van der Waals surface area (Å²) in [5, 5.41) is 82.5. The quantitative estimate of drug-likeness (QED) is 0.0134. The summed E-state index contributed by atoms with van der Waals surface area (Å²) in [5.74, 6) is -17.7. The summed E-state index contributed by atoms with van der Waals surface area (Å²) in [6.45, 7) is 2.70. The molecule has 1 rings (SSSR count). The number of amides is 9. The second kappa shape index (κ2) is 45.6. The van der Waals surface area contributed by atoms with Gasteiger partial charge in [0, 0.05) is 0 Å². The molecule has 89 heavy (non-hydrogen) atoms. The zero-order valence-corrected chi connectivity index (χ0v) is 52.2. The number of allylic oxidation sites excluding steroid dienone is 1. The third-order valence-corrected chi connectivity index (χ3v) is 14.8. The van der Waals surface area contributed by atoms with Crippen molar-refractivity contribution in [3.8, 4) is 0 Å². The third-order valence-electron chi connectivity index (χ3n) is 14.5. The number of carbonyl (C=O) groups excluding carboxylic acids is 10. The monoisotopic (exact) mass is 1290 g/mol. The van der Waals surface area contributed by atoms with Gasteiger partial charge < -0.3 is 100 Å². The molecule has 0 radical (unpaired) electrons. The van der Waals surface area contributed by atoms with E-state index < -0.39 is 181 Å². The van der Waals surface area contributed by atoms with Crippen molar-refractivity contribution in [2.24, 2.45) is 17.2 Å². The van der Waals surface area contributed by atoms with Crippen LogP contribution >= 0.6 is 11.6 Å². The van der Waals surface area contributed by atoms with Gasteiger partial charge in [-0.25, -0.2) is 9.59 Å². The number of hydrogen-bond acceptors (Lipinski definition) is 20. The van der Waals surface area contributed by atoms with Gasteiger partial charge in [0.15, 0.2) is 12.1 Å². The number of aliphatic carboxylic acids is 2. The van der Waals surface area contributed by atoms with Gasteiger partial charge in [0.25, 0.3) is 5.91 Å². The summed E-state index contributed by atoms with van der Waals surface area (Å²) in [4.78, 5) is 163. The van der Waals surface area contributed by atoms with Crippen LogP contribution in [0, 0.1) is 0 Å². The number of alkyl halides is 1. The number of rotatable bonds is 34. The molecule has 1 aliphatic heterocycles. The summed E-state index contributed by atoms with van der Waals surface area (Å²) in [7, 11) is 0. The van der Waals surface area contributed by atoms with Crippen LogP contribution in [0.25, 0.3) is 0 Å². The van der Waals surface area contributed by atoms with Gasteiger partial charge in [-0.3, -0.25) is 47.9 Å². The van der Waals surface area contributed by atoms with Crippen LogP contribution in [0.2, 0.25) is 0 Å². The van der Waals surface area contributed by atoms with Gasteiger partial charge in [-0.15, -0.1) is 11.6 Å². The van der Waals surface area contributed by atoms with E-state index in [1.807, 2.05) is 10.6 Å². The van der Waals surface area contributed by atoms with Crippen molar-refractivity contribution < 1.29 is 92.9 Å². The first-order valence-electron chi connectivity index (χ1n) is 30.7. The second-order valence-electron chi connectivity index (χ2n) is 22.0. The van der Waals surface area contributed by atoms with Crippen molar-refractivity contribution in [2.45, 2.75) is 241 Å². The predicted molar refractivity (Wildman–Crippen MR) is 323 cm³/mol. The van der Waals surface area contributed by atoms with Crippen molar-refractivity contribution in [2.75, 3.05) is 32.1 Å². The SMILES string of the molecule is C/C=C1\NC(=O)[C@H]([C@H](C)O)NC(=O)[C@H](CCN)NC(=O)[C@H](CCCCN)NC(=O)[C@H](CC(=O)O)NC(=O)[C@@H](CCN)NC(=O)[C@@H](NC(=O)C[C@@H](O)CCCCCCCCCCCCCCCCC)COC(=O)[C@H]([C@H](O)CCl)NC(=O)[C@H]([C@H](O)C(=O)O)NC1=O. The van der Waals surface area contributed by atoms with Crippen LogP contribution in [0.5, 0.6) is 0 Å². The molecule has 32 heteroatoms. The summed E-state index contributed by atoms with van der Waals surface area (Å²) in [6.07, 6.45) is 7.48. The van der Waals surface area contributed by atoms with E-state index in [9.17, 15) is 88.2 Å². The normalized spacial score (nSPS) is 23.7. The fraction of sp³-hybridized carbons (Fsp3) is 0.754. The van der Waals surface area contributed by atoms with E-state index in [2.05, 4.69) is 44.1 Å². The summed E-state index contributed by atoms with van der Waals surface area (Å²) >= 11 is 5.88. The van der Waals surface area contributed by atoms with Crippen LogP contribution in [0.1, 0.15) is 168 Å². The first kappa shape index (κ1) is 80.4. The Hall–Kier alpha value is -6.61. The van der Waals surface area contributed by atoms with E-state index in [0.29, 0.717) is 12.8 Å². The molecule has 9 amide bonds. The van der Waals surface area contributed by atoms with E-state index in [-0.39, 0.29) is 45.3 Å². The molecule has 0 spiro atoms. The average Bonchev–Trinajstić information content (AvgIpc) is 2.48. The van der Waals surface area contributed by atoms with Crippen LogP contribution in [0.4, 0.5) is 0 Å². The lowest BCUT2D eigenvalue weighted by Crippen LogP contribution is -2.62. The molecule has 1 fully saturated rings. The van der Waals surface area contributed by atoms with Gasteiger partial charge in [-0.05, 0) is 72.0 Å². The Bertz CT molecular complexity index is 2300. The minimum absolute atomic E-state index is 0.123. The number of nitrogens with two attached hydrogens (primary N) is 3. The lowest BCUT2D eigenvalue weighted by atomic mass is 10.0. The number of carbonyl (C=O) groups is 12. The van der Waals surface area contributed by atoms with Crippen molar-refractivity contribution in [1.82, 2.24) is 47.9 Å². The molecule has 1 aliphatic rings. The maximum Gasteiger partial charge on any atom is 0.335 e. The van der Waals surface area contributed by atoms with Crippen LogP contribution in [0.3, 0.4) is 0 Å². The number of nitrogens with one attached hydrogen (secondary N) is 9. The molecule has 31 nitrogen and oxygen atoms in total. The molecule has 21 N–H and O–H groups in total. The second-order valence-corrected chi connectivity index (χ2v) is 22.3. The molecule has 1 saturated heterocycles. The molecule has 0 aliphatic carbocycles. The van der Waals surface area contributed by atoms with Crippen LogP contribution < -0.4 is 65.1 Å². The molecule has 1 heterocycles. The number of carboxylic acids is 2. The highest BCUT2D eigenvalue weighted by molar-refractivity contribution is 6.18. The van der Waals surface area contributed by atoms with Gasteiger partial charge in [-0.2, -0.15) is 0 Å². The maximum absolute atomic E-state index is 14.2. The average molecular weight is 1290 g/mol. The maximum atomic E-state index is 14.2. The Morgan fingerprint density at radius 1 is 0.584 bits per heavy atom. The van der Waals surface area contributed by atoms with Gasteiger partial charge in [0.05, 0.1) is 37.0 Å². The smallest absolute Gasteiger partial charge is 0.335 e. The Morgan fingerprint density at radius 3 is 1.53 bits per heavy atom. The van der Waals surface area contributed by atoms with E-state index in [1.165, 1.54) is 58.3 Å². The number of aliphatic hydroxyl groups is 4. The molecule has 0 unspecified atom stereocenters.